The average Bonchev–Trinajstić information content (AvgIpc) is 2.54. The minimum absolute atomic E-state index is 0.350. The van der Waals surface area contributed by atoms with Crippen LogP contribution in [-0.2, 0) is 21.6 Å². The van der Waals surface area contributed by atoms with Gasteiger partial charge in [-0.1, -0.05) is 19.3 Å². The SMILES string of the molecule is COCc1cc(OC)cc(C2(C(=O)O)CCCCC2)c1OC. The molecule has 0 spiro atoms. The molecule has 2 rings (SSSR count). The number of ether oxygens (including phenoxy) is 3. The smallest absolute Gasteiger partial charge is 0.314 e. The van der Waals surface area contributed by atoms with E-state index in [4.69, 9.17) is 14.2 Å². The molecule has 0 amide bonds. The third kappa shape index (κ3) is 2.90. The molecule has 0 unspecified atom stereocenters. The second-order valence-corrected chi connectivity index (χ2v) is 5.75. The van der Waals surface area contributed by atoms with E-state index in [-0.39, 0.29) is 0 Å². The Balaban J connectivity index is 2.64. The minimum Gasteiger partial charge on any atom is -0.497 e. The van der Waals surface area contributed by atoms with Crippen LogP contribution in [0.15, 0.2) is 12.1 Å². The Hall–Kier alpha value is -1.75. The molecule has 5 nitrogen and oxygen atoms in total. The Morgan fingerprint density at radius 3 is 2.32 bits per heavy atom. The van der Waals surface area contributed by atoms with Gasteiger partial charge in [0.05, 0.1) is 26.2 Å². The highest BCUT2D eigenvalue weighted by molar-refractivity contribution is 5.83. The van der Waals surface area contributed by atoms with E-state index < -0.39 is 11.4 Å². The van der Waals surface area contributed by atoms with Gasteiger partial charge in [-0.15, -0.1) is 0 Å². The first-order valence-corrected chi connectivity index (χ1v) is 7.56. The molecule has 1 aliphatic rings. The van der Waals surface area contributed by atoms with E-state index in [2.05, 4.69) is 0 Å². The van der Waals surface area contributed by atoms with E-state index in [1.54, 1.807) is 27.4 Å². The van der Waals surface area contributed by atoms with E-state index in [0.29, 0.717) is 36.5 Å². The number of carboxylic acid groups (broad SMARTS) is 1. The highest BCUT2D eigenvalue weighted by Gasteiger charge is 2.44. The molecule has 0 saturated heterocycles. The summed E-state index contributed by atoms with van der Waals surface area (Å²) < 4.78 is 16.1. The van der Waals surface area contributed by atoms with E-state index in [9.17, 15) is 9.90 Å². The van der Waals surface area contributed by atoms with Gasteiger partial charge in [-0.25, -0.2) is 0 Å². The van der Waals surface area contributed by atoms with Gasteiger partial charge in [0.25, 0.3) is 0 Å². The number of benzene rings is 1. The number of aliphatic carboxylic acids is 1. The van der Waals surface area contributed by atoms with Gasteiger partial charge in [0, 0.05) is 18.2 Å². The van der Waals surface area contributed by atoms with Crippen LogP contribution in [0.5, 0.6) is 11.5 Å². The zero-order chi connectivity index (χ0) is 16.2. The largest absolute Gasteiger partial charge is 0.497 e. The van der Waals surface area contributed by atoms with Crippen molar-refractivity contribution in [3.05, 3.63) is 23.3 Å². The van der Waals surface area contributed by atoms with Crippen LogP contribution in [0.3, 0.4) is 0 Å². The lowest BCUT2D eigenvalue weighted by Gasteiger charge is -2.35. The van der Waals surface area contributed by atoms with Crippen LogP contribution < -0.4 is 9.47 Å². The molecule has 1 saturated carbocycles. The number of methoxy groups -OCH3 is 3. The Labute approximate surface area is 131 Å². The van der Waals surface area contributed by atoms with Crippen molar-refractivity contribution >= 4 is 5.97 Å². The lowest BCUT2D eigenvalue weighted by atomic mass is 9.68. The summed E-state index contributed by atoms with van der Waals surface area (Å²) in [6.07, 6.45) is 4.14. The lowest BCUT2D eigenvalue weighted by Crippen LogP contribution is -2.38. The monoisotopic (exact) mass is 308 g/mol. The van der Waals surface area contributed by atoms with Gasteiger partial charge in [0.15, 0.2) is 0 Å². The van der Waals surface area contributed by atoms with E-state index >= 15 is 0 Å². The summed E-state index contributed by atoms with van der Waals surface area (Å²) in [5.74, 6) is 0.447. The molecule has 0 bridgehead atoms. The highest BCUT2D eigenvalue weighted by Crippen LogP contribution is 2.46. The molecule has 0 aromatic heterocycles. The molecule has 1 aromatic carbocycles. The Bertz CT molecular complexity index is 532. The van der Waals surface area contributed by atoms with Gasteiger partial charge < -0.3 is 19.3 Å². The van der Waals surface area contributed by atoms with Crippen LogP contribution in [0.2, 0.25) is 0 Å². The van der Waals surface area contributed by atoms with Gasteiger partial charge in [-0.3, -0.25) is 4.79 Å². The first-order valence-electron chi connectivity index (χ1n) is 7.56. The highest BCUT2D eigenvalue weighted by atomic mass is 16.5. The summed E-state index contributed by atoms with van der Waals surface area (Å²) in [6, 6.07) is 3.64. The van der Waals surface area contributed by atoms with Crippen molar-refractivity contribution in [3.63, 3.8) is 0 Å². The van der Waals surface area contributed by atoms with Crippen LogP contribution >= 0.6 is 0 Å². The van der Waals surface area contributed by atoms with Gasteiger partial charge in [-0.05, 0) is 25.0 Å². The molecular weight excluding hydrogens is 284 g/mol. The molecule has 122 valence electrons. The van der Waals surface area contributed by atoms with E-state index in [1.807, 2.05) is 6.07 Å². The molecule has 0 heterocycles. The molecule has 0 atom stereocenters. The first kappa shape index (κ1) is 16.6. The summed E-state index contributed by atoms with van der Waals surface area (Å²) in [4.78, 5) is 12.1. The zero-order valence-corrected chi connectivity index (χ0v) is 13.5. The Morgan fingerprint density at radius 1 is 1.14 bits per heavy atom. The van der Waals surface area contributed by atoms with Gasteiger partial charge in [0.1, 0.15) is 11.5 Å². The van der Waals surface area contributed by atoms with Crippen LogP contribution in [0, 0.1) is 0 Å². The van der Waals surface area contributed by atoms with Crippen molar-refractivity contribution < 1.29 is 24.1 Å². The van der Waals surface area contributed by atoms with Crippen molar-refractivity contribution in [3.8, 4) is 11.5 Å². The molecule has 1 aromatic rings. The minimum atomic E-state index is -0.902. The Kier molecular flexibility index (Phi) is 5.29. The number of carboxylic acids is 1. The number of carbonyl (C=O) groups is 1. The maximum atomic E-state index is 12.1. The second kappa shape index (κ2) is 7.01. The first-order chi connectivity index (χ1) is 10.6. The molecule has 5 heteroatoms. The fraction of sp³-hybridized carbons (Fsp3) is 0.588. The standard InChI is InChI=1S/C17H24O5/c1-20-11-12-9-13(21-2)10-14(15(12)22-3)17(16(18)19)7-5-4-6-8-17/h9-10H,4-8,11H2,1-3H3,(H,18,19). The van der Waals surface area contributed by atoms with Crippen molar-refractivity contribution in [2.24, 2.45) is 0 Å². The maximum absolute atomic E-state index is 12.1. The second-order valence-electron chi connectivity index (χ2n) is 5.75. The zero-order valence-electron chi connectivity index (χ0n) is 13.5. The third-order valence-corrected chi connectivity index (χ3v) is 4.51. The molecular formula is C17H24O5. The maximum Gasteiger partial charge on any atom is 0.314 e. The van der Waals surface area contributed by atoms with Crippen molar-refractivity contribution in [2.75, 3.05) is 21.3 Å². The fourth-order valence-electron chi connectivity index (χ4n) is 3.39. The van der Waals surface area contributed by atoms with Crippen LogP contribution in [0.25, 0.3) is 0 Å². The van der Waals surface area contributed by atoms with Crippen molar-refractivity contribution in [1.82, 2.24) is 0 Å². The molecule has 1 fully saturated rings. The summed E-state index contributed by atoms with van der Waals surface area (Å²) in [7, 11) is 4.76. The number of hydrogen-bond acceptors (Lipinski definition) is 4. The molecule has 1 N–H and O–H groups in total. The summed E-state index contributed by atoms with van der Waals surface area (Å²) in [5.41, 5.74) is 0.611. The fourth-order valence-corrected chi connectivity index (χ4v) is 3.39. The molecule has 1 aliphatic carbocycles. The quantitative estimate of drug-likeness (QED) is 0.874. The number of rotatable bonds is 6. The van der Waals surface area contributed by atoms with E-state index in [1.165, 1.54) is 0 Å². The lowest BCUT2D eigenvalue weighted by molar-refractivity contribution is -0.145. The predicted octanol–water partition coefficient (Wildman–Crippen LogP) is 3.14. The molecule has 22 heavy (non-hydrogen) atoms. The summed E-state index contributed by atoms with van der Waals surface area (Å²) in [5, 5.41) is 9.92. The third-order valence-electron chi connectivity index (χ3n) is 4.51. The van der Waals surface area contributed by atoms with Crippen LogP contribution in [-0.4, -0.2) is 32.4 Å². The van der Waals surface area contributed by atoms with E-state index in [0.717, 1.165) is 24.8 Å². The summed E-state index contributed by atoms with van der Waals surface area (Å²) >= 11 is 0. The van der Waals surface area contributed by atoms with Crippen LogP contribution in [0.1, 0.15) is 43.2 Å². The summed E-state index contributed by atoms with van der Waals surface area (Å²) in [6.45, 7) is 0.350. The van der Waals surface area contributed by atoms with Crippen molar-refractivity contribution in [2.45, 2.75) is 44.1 Å². The Morgan fingerprint density at radius 2 is 1.82 bits per heavy atom. The van der Waals surface area contributed by atoms with Gasteiger partial charge >= 0.3 is 5.97 Å². The molecule has 0 radical (unpaired) electrons. The molecule has 0 aliphatic heterocycles. The van der Waals surface area contributed by atoms with Gasteiger partial charge in [-0.2, -0.15) is 0 Å². The average molecular weight is 308 g/mol. The predicted molar refractivity (Wildman–Crippen MR) is 82.7 cm³/mol. The van der Waals surface area contributed by atoms with Crippen molar-refractivity contribution in [1.29, 1.82) is 0 Å². The van der Waals surface area contributed by atoms with Gasteiger partial charge in [0.2, 0.25) is 0 Å². The number of hydrogen-bond donors (Lipinski definition) is 1. The topological polar surface area (TPSA) is 65.0 Å². The normalized spacial score (nSPS) is 17.0. The van der Waals surface area contributed by atoms with Crippen LogP contribution in [0.4, 0.5) is 0 Å².